The largest absolute Gasteiger partial charge is 0.377 e. The van der Waals surface area contributed by atoms with E-state index in [0.717, 1.165) is 38.8 Å². The van der Waals surface area contributed by atoms with Gasteiger partial charge in [-0.15, -0.1) is 0 Å². The zero-order chi connectivity index (χ0) is 20.3. The number of ketones is 1. The van der Waals surface area contributed by atoms with Crippen LogP contribution in [-0.4, -0.2) is 36.7 Å². The highest BCUT2D eigenvalue weighted by atomic mass is 16.2. The molecule has 1 amide bonds. The second kappa shape index (κ2) is 6.74. The number of hydrogen-bond donors (Lipinski definition) is 1. The lowest BCUT2D eigenvalue weighted by Gasteiger charge is -2.59. The van der Waals surface area contributed by atoms with Crippen LogP contribution in [0.2, 0.25) is 0 Å². The van der Waals surface area contributed by atoms with E-state index in [1.54, 1.807) is 6.08 Å². The molecule has 0 aromatic carbocycles. The maximum atomic E-state index is 13.0. The van der Waals surface area contributed by atoms with Crippen molar-refractivity contribution in [3.05, 3.63) is 23.9 Å². The summed E-state index contributed by atoms with van der Waals surface area (Å²) in [6.45, 7) is 10.8. The summed E-state index contributed by atoms with van der Waals surface area (Å²) < 4.78 is 0. The lowest BCUT2D eigenvalue weighted by molar-refractivity contribution is -0.132. The van der Waals surface area contributed by atoms with E-state index in [0.29, 0.717) is 23.7 Å². The van der Waals surface area contributed by atoms with Crippen LogP contribution in [0.5, 0.6) is 0 Å². The van der Waals surface area contributed by atoms with Crippen molar-refractivity contribution in [2.45, 2.75) is 53.4 Å². The second-order valence-corrected chi connectivity index (χ2v) is 10.6. The molecule has 154 valence electrons. The number of carbonyl (C=O) groups excluding carboxylic acids is 2. The summed E-state index contributed by atoms with van der Waals surface area (Å²) in [5, 5.41) is 3.21. The second-order valence-electron chi connectivity index (χ2n) is 10.6. The number of fused-ring (bicyclic) bond motifs is 5. The summed E-state index contributed by atoms with van der Waals surface area (Å²) in [4.78, 5) is 27.3. The molecule has 1 N–H and O–H groups in total. The summed E-state index contributed by atoms with van der Waals surface area (Å²) in [5.74, 6) is 2.77. The van der Waals surface area contributed by atoms with Gasteiger partial charge < -0.3 is 10.2 Å². The number of piperidine rings is 1. The molecule has 0 aromatic rings. The fraction of sp³-hybridized carbons (Fsp3) is 0.750. The van der Waals surface area contributed by atoms with Crippen LogP contribution in [0.25, 0.3) is 0 Å². The Morgan fingerprint density at radius 2 is 2.00 bits per heavy atom. The number of nitrogens with one attached hydrogen (secondary N) is 1. The SMILES string of the molecule is CC(C)CNC(=O)C1CC[C@H]2[C@@H]3CN(C)C4=CC(=O)C=C[C@]4(C)[C@@H]3CC[C@]12C. The fourth-order valence-electron chi connectivity index (χ4n) is 7.07. The quantitative estimate of drug-likeness (QED) is 0.805. The fourth-order valence-corrected chi connectivity index (χ4v) is 7.07. The third kappa shape index (κ3) is 2.86. The summed E-state index contributed by atoms with van der Waals surface area (Å²) in [6.07, 6.45) is 10.2. The van der Waals surface area contributed by atoms with E-state index in [2.05, 4.69) is 51.0 Å². The Balaban J connectivity index is 1.59. The number of nitrogens with zero attached hydrogens (tertiary/aromatic N) is 1. The monoisotopic (exact) mass is 384 g/mol. The van der Waals surface area contributed by atoms with Gasteiger partial charge in [0.25, 0.3) is 0 Å². The maximum absolute atomic E-state index is 13.0. The molecule has 0 spiro atoms. The van der Waals surface area contributed by atoms with E-state index < -0.39 is 0 Å². The van der Waals surface area contributed by atoms with Gasteiger partial charge in [0.1, 0.15) is 0 Å². The van der Waals surface area contributed by atoms with Crippen LogP contribution >= 0.6 is 0 Å². The maximum Gasteiger partial charge on any atom is 0.223 e. The Morgan fingerprint density at radius 1 is 1.25 bits per heavy atom. The Bertz CT molecular complexity index is 739. The number of rotatable bonds is 3. The Morgan fingerprint density at radius 3 is 2.71 bits per heavy atom. The summed E-state index contributed by atoms with van der Waals surface area (Å²) in [5.41, 5.74) is 1.24. The van der Waals surface area contributed by atoms with Crippen molar-refractivity contribution < 1.29 is 9.59 Å². The standard InChI is InChI=1S/C24H36N2O2/c1-15(2)13-25-22(28)20-7-6-18-17-14-26(5)21-12-16(27)8-10-24(21,4)19(17)9-11-23(18,20)3/h8,10,12,15,17-20H,6-7,9,11,13-14H2,1-5H3,(H,25,28)/t17-,18-,19+,20?,23-,24+/m0/s1. The van der Waals surface area contributed by atoms with Gasteiger partial charge in [0.2, 0.25) is 5.91 Å². The number of carbonyl (C=O) groups is 2. The molecule has 4 heteroatoms. The minimum Gasteiger partial charge on any atom is -0.377 e. The van der Waals surface area contributed by atoms with E-state index in [9.17, 15) is 9.59 Å². The van der Waals surface area contributed by atoms with E-state index in [4.69, 9.17) is 0 Å². The first-order chi connectivity index (χ1) is 13.2. The van der Waals surface area contributed by atoms with Gasteiger partial charge in [-0.2, -0.15) is 0 Å². The number of hydrogen-bond acceptors (Lipinski definition) is 3. The molecule has 1 heterocycles. The van der Waals surface area contributed by atoms with E-state index >= 15 is 0 Å². The summed E-state index contributed by atoms with van der Waals surface area (Å²) >= 11 is 0. The van der Waals surface area contributed by atoms with Crippen LogP contribution in [0, 0.1) is 40.4 Å². The smallest absolute Gasteiger partial charge is 0.223 e. The molecule has 1 unspecified atom stereocenters. The zero-order valence-corrected chi connectivity index (χ0v) is 18.1. The van der Waals surface area contributed by atoms with Gasteiger partial charge in [0.15, 0.2) is 5.78 Å². The highest BCUT2D eigenvalue weighted by molar-refractivity contribution is 6.01. The first-order valence-electron chi connectivity index (χ1n) is 11.1. The topological polar surface area (TPSA) is 49.4 Å². The average Bonchev–Trinajstić information content (AvgIpc) is 2.99. The van der Waals surface area contributed by atoms with Gasteiger partial charge in [-0.25, -0.2) is 0 Å². The van der Waals surface area contributed by atoms with Crippen molar-refractivity contribution in [1.29, 1.82) is 0 Å². The number of likely N-dealkylation sites (tertiary alicyclic amines) is 1. The molecule has 3 aliphatic carbocycles. The Kier molecular flexibility index (Phi) is 4.75. The van der Waals surface area contributed by atoms with E-state index in [1.807, 2.05) is 6.08 Å². The molecule has 3 fully saturated rings. The molecule has 6 atom stereocenters. The normalized spacial score (nSPS) is 42.0. The van der Waals surface area contributed by atoms with Crippen LogP contribution in [0.3, 0.4) is 0 Å². The van der Waals surface area contributed by atoms with Crippen LogP contribution < -0.4 is 5.32 Å². The van der Waals surface area contributed by atoms with Gasteiger partial charge in [-0.1, -0.05) is 33.8 Å². The summed E-state index contributed by atoms with van der Waals surface area (Å²) in [6, 6.07) is 0. The lowest BCUT2D eigenvalue weighted by atomic mass is 9.50. The average molecular weight is 385 g/mol. The predicted molar refractivity (Wildman–Crippen MR) is 111 cm³/mol. The molecule has 0 radical (unpaired) electrons. The van der Waals surface area contributed by atoms with Crippen LogP contribution in [0.4, 0.5) is 0 Å². The highest BCUT2D eigenvalue weighted by Crippen LogP contribution is 2.64. The first kappa shape index (κ1) is 19.7. The van der Waals surface area contributed by atoms with Crippen LogP contribution in [0.15, 0.2) is 23.9 Å². The molecule has 4 aliphatic rings. The Hall–Kier alpha value is -1.58. The van der Waals surface area contributed by atoms with E-state index in [1.165, 1.54) is 5.70 Å². The van der Waals surface area contributed by atoms with E-state index in [-0.39, 0.29) is 28.4 Å². The molecule has 1 saturated heterocycles. The highest BCUT2D eigenvalue weighted by Gasteiger charge is 2.60. The Labute approximate surface area is 169 Å². The molecule has 0 aromatic heterocycles. The molecule has 2 saturated carbocycles. The van der Waals surface area contributed by atoms with Crippen molar-refractivity contribution >= 4 is 11.7 Å². The number of amides is 1. The van der Waals surface area contributed by atoms with Gasteiger partial charge in [-0.3, -0.25) is 9.59 Å². The minimum atomic E-state index is -0.0507. The van der Waals surface area contributed by atoms with Gasteiger partial charge in [-0.05, 0) is 60.8 Å². The van der Waals surface area contributed by atoms with Crippen molar-refractivity contribution in [2.75, 3.05) is 20.1 Å². The summed E-state index contributed by atoms with van der Waals surface area (Å²) in [7, 11) is 2.14. The van der Waals surface area contributed by atoms with Crippen molar-refractivity contribution in [2.24, 2.45) is 40.4 Å². The zero-order valence-electron chi connectivity index (χ0n) is 18.1. The van der Waals surface area contributed by atoms with Gasteiger partial charge in [0, 0.05) is 43.2 Å². The number of allylic oxidation sites excluding steroid dienone is 3. The van der Waals surface area contributed by atoms with Crippen LogP contribution in [-0.2, 0) is 9.59 Å². The van der Waals surface area contributed by atoms with Crippen LogP contribution in [0.1, 0.15) is 53.4 Å². The van der Waals surface area contributed by atoms with Crippen molar-refractivity contribution in [3.8, 4) is 0 Å². The van der Waals surface area contributed by atoms with Crippen molar-refractivity contribution in [3.63, 3.8) is 0 Å². The van der Waals surface area contributed by atoms with Gasteiger partial charge >= 0.3 is 0 Å². The molecule has 0 bridgehead atoms. The third-order valence-electron chi connectivity index (χ3n) is 8.53. The lowest BCUT2D eigenvalue weighted by Crippen LogP contribution is -2.56. The molecule has 1 aliphatic heterocycles. The molecule has 28 heavy (non-hydrogen) atoms. The molecular weight excluding hydrogens is 348 g/mol. The minimum absolute atomic E-state index is 0.0507. The molecular formula is C24H36N2O2. The predicted octanol–water partition coefficient (Wildman–Crippen LogP) is 3.79. The third-order valence-corrected chi connectivity index (χ3v) is 8.53. The molecule has 4 rings (SSSR count). The molecule has 4 nitrogen and oxygen atoms in total. The van der Waals surface area contributed by atoms with Gasteiger partial charge in [0.05, 0.1) is 0 Å². The first-order valence-corrected chi connectivity index (χ1v) is 11.1. The van der Waals surface area contributed by atoms with Crippen molar-refractivity contribution in [1.82, 2.24) is 10.2 Å².